The first kappa shape index (κ1) is 11.8. The highest BCUT2D eigenvalue weighted by Crippen LogP contribution is 2.38. The smallest absolute Gasteiger partial charge is 0.0564 e. The van der Waals surface area contributed by atoms with Crippen molar-refractivity contribution in [2.75, 3.05) is 7.05 Å². The molecule has 0 radical (unpaired) electrons. The van der Waals surface area contributed by atoms with Crippen molar-refractivity contribution in [1.29, 1.82) is 0 Å². The number of nitrogens with one attached hydrogen (secondary N) is 1. The molecule has 2 rings (SSSR count). The van der Waals surface area contributed by atoms with Gasteiger partial charge in [-0.1, -0.05) is 31.5 Å². The van der Waals surface area contributed by atoms with Crippen molar-refractivity contribution in [1.82, 2.24) is 5.32 Å². The molecule has 1 heterocycles. The quantitative estimate of drug-likeness (QED) is 0.812. The summed E-state index contributed by atoms with van der Waals surface area (Å²) in [6.07, 6.45) is 0. The van der Waals surface area contributed by atoms with Crippen LogP contribution >= 0.6 is 0 Å². The number of benzene rings is 1. The highest BCUT2D eigenvalue weighted by Gasteiger charge is 2.35. The first-order valence-electron chi connectivity index (χ1n) is 5.74. The van der Waals surface area contributed by atoms with Crippen molar-refractivity contribution in [2.24, 2.45) is 5.92 Å². The zero-order chi connectivity index (χ0) is 11.9. The Morgan fingerprint density at radius 3 is 2.62 bits per heavy atom. The highest BCUT2D eigenvalue weighted by atomic mass is 32.2. The molecule has 0 spiro atoms. The van der Waals surface area contributed by atoms with E-state index in [1.807, 2.05) is 19.2 Å². The predicted octanol–water partition coefficient (Wildman–Crippen LogP) is 2.40. The average Bonchev–Trinajstić information content (AvgIpc) is 2.27. The summed E-state index contributed by atoms with van der Waals surface area (Å²) in [4.78, 5) is 1.01. The van der Waals surface area contributed by atoms with Crippen molar-refractivity contribution in [3.8, 4) is 0 Å². The van der Waals surface area contributed by atoms with Gasteiger partial charge in [0, 0.05) is 16.2 Å². The fourth-order valence-corrected chi connectivity index (χ4v) is 4.03. The van der Waals surface area contributed by atoms with Crippen LogP contribution in [-0.2, 0) is 10.8 Å². The maximum atomic E-state index is 12.3. The summed E-state index contributed by atoms with van der Waals surface area (Å²) in [5, 5.41) is 3.57. The average molecular weight is 237 g/mol. The Kier molecular flexibility index (Phi) is 3.17. The van der Waals surface area contributed by atoms with E-state index >= 15 is 0 Å². The summed E-state index contributed by atoms with van der Waals surface area (Å²) in [6.45, 7) is 6.33. The van der Waals surface area contributed by atoms with E-state index in [1.165, 1.54) is 11.1 Å². The van der Waals surface area contributed by atoms with E-state index in [-0.39, 0.29) is 5.25 Å². The molecule has 0 saturated heterocycles. The molecule has 2 nitrogen and oxygen atoms in total. The molecule has 4 atom stereocenters. The lowest BCUT2D eigenvalue weighted by Gasteiger charge is -2.35. The molecule has 0 amide bonds. The van der Waals surface area contributed by atoms with Gasteiger partial charge in [0.1, 0.15) is 0 Å². The summed E-state index contributed by atoms with van der Waals surface area (Å²) < 4.78 is 12.3. The molecule has 1 aromatic carbocycles. The molecule has 16 heavy (non-hydrogen) atoms. The van der Waals surface area contributed by atoms with Crippen molar-refractivity contribution >= 4 is 10.8 Å². The fourth-order valence-electron chi connectivity index (χ4n) is 2.46. The molecule has 0 fully saturated rings. The van der Waals surface area contributed by atoms with Crippen molar-refractivity contribution in [3.63, 3.8) is 0 Å². The number of fused-ring (bicyclic) bond motifs is 1. The Morgan fingerprint density at radius 2 is 2.00 bits per heavy atom. The molecule has 1 aromatic rings. The van der Waals surface area contributed by atoms with Crippen LogP contribution in [0.2, 0.25) is 0 Å². The monoisotopic (exact) mass is 237 g/mol. The van der Waals surface area contributed by atoms with E-state index in [9.17, 15) is 4.21 Å². The predicted molar refractivity (Wildman–Crippen MR) is 68.0 cm³/mol. The number of hydrogen-bond donors (Lipinski definition) is 1. The summed E-state index contributed by atoms with van der Waals surface area (Å²) >= 11 is 0. The molecule has 0 aliphatic carbocycles. The summed E-state index contributed by atoms with van der Waals surface area (Å²) in [5.41, 5.74) is 2.45. The van der Waals surface area contributed by atoms with E-state index in [2.05, 4.69) is 32.2 Å². The van der Waals surface area contributed by atoms with Gasteiger partial charge in [-0.05, 0) is 31.5 Å². The Balaban J connectivity index is 2.58. The molecular formula is C13H19NOS. The summed E-state index contributed by atoms with van der Waals surface area (Å²) in [7, 11) is 1.12. The molecule has 4 unspecified atom stereocenters. The molecule has 1 aliphatic heterocycles. The third-order valence-electron chi connectivity index (χ3n) is 3.63. The minimum Gasteiger partial charge on any atom is -0.313 e. The summed E-state index contributed by atoms with van der Waals surface area (Å²) in [5.74, 6) is 0.403. The van der Waals surface area contributed by atoms with Gasteiger partial charge in [-0.3, -0.25) is 4.21 Å². The van der Waals surface area contributed by atoms with Crippen LogP contribution in [0, 0.1) is 12.8 Å². The zero-order valence-electron chi connectivity index (χ0n) is 10.3. The van der Waals surface area contributed by atoms with Gasteiger partial charge < -0.3 is 5.32 Å². The van der Waals surface area contributed by atoms with Crippen molar-refractivity contribution < 1.29 is 4.21 Å². The topological polar surface area (TPSA) is 29.1 Å². The van der Waals surface area contributed by atoms with Crippen molar-refractivity contribution in [2.45, 2.75) is 37.0 Å². The van der Waals surface area contributed by atoms with Crippen LogP contribution in [0.4, 0.5) is 0 Å². The van der Waals surface area contributed by atoms with Gasteiger partial charge in [-0.2, -0.15) is 0 Å². The third-order valence-corrected chi connectivity index (χ3v) is 5.54. The van der Waals surface area contributed by atoms with Crippen LogP contribution in [0.3, 0.4) is 0 Å². The highest BCUT2D eigenvalue weighted by molar-refractivity contribution is 7.85. The Morgan fingerprint density at radius 1 is 1.31 bits per heavy atom. The number of hydrogen-bond acceptors (Lipinski definition) is 2. The lowest BCUT2D eigenvalue weighted by atomic mass is 9.91. The normalized spacial score (nSPS) is 33.5. The van der Waals surface area contributed by atoms with Gasteiger partial charge >= 0.3 is 0 Å². The first-order valence-corrected chi connectivity index (χ1v) is 6.96. The van der Waals surface area contributed by atoms with E-state index in [1.54, 1.807) is 0 Å². The van der Waals surface area contributed by atoms with Crippen LogP contribution < -0.4 is 5.32 Å². The van der Waals surface area contributed by atoms with Gasteiger partial charge in [0.15, 0.2) is 0 Å². The molecule has 3 heteroatoms. The van der Waals surface area contributed by atoms with Gasteiger partial charge in [-0.15, -0.1) is 0 Å². The number of rotatable bonds is 1. The first-order chi connectivity index (χ1) is 7.56. The molecule has 1 N–H and O–H groups in total. The molecule has 0 aromatic heterocycles. The van der Waals surface area contributed by atoms with Gasteiger partial charge in [-0.25, -0.2) is 0 Å². The second-order valence-electron chi connectivity index (χ2n) is 4.67. The standard InChI is InChI=1S/C13H19NOS/c1-8-5-6-12-11(7-8)13(14-4)9(2)10(3)16(12)15/h5-7,9-10,13-14H,1-4H3. The molecule has 0 saturated carbocycles. The largest absolute Gasteiger partial charge is 0.313 e. The number of aryl methyl sites for hydroxylation is 1. The maximum absolute atomic E-state index is 12.3. The van der Waals surface area contributed by atoms with E-state index in [4.69, 9.17) is 0 Å². The minimum absolute atomic E-state index is 0.215. The second kappa shape index (κ2) is 4.30. The van der Waals surface area contributed by atoms with Crippen molar-refractivity contribution in [3.05, 3.63) is 29.3 Å². The zero-order valence-corrected chi connectivity index (χ0v) is 11.1. The SMILES string of the molecule is CNC1c2cc(C)ccc2S(=O)C(C)C1C. The van der Waals surface area contributed by atoms with Crippen LogP contribution in [0.1, 0.15) is 31.0 Å². The minimum atomic E-state index is -0.861. The van der Waals surface area contributed by atoms with Crippen LogP contribution in [-0.4, -0.2) is 16.5 Å². The van der Waals surface area contributed by atoms with Crippen LogP contribution in [0.5, 0.6) is 0 Å². The Bertz CT molecular complexity index is 430. The van der Waals surface area contributed by atoms with E-state index in [0.29, 0.717) is 12.0 Å². The molecular weight excluding hydrogens is 218 g/mol. The molecule has 1 aliphatic rings. The van der Waals surface area contributed by atoms with Crippen LogP contribution in [0.25, 0.3) is 0 Å². The van der Waals surface area contributed by atoms with E-state index in [0.717, 1.165) is 4.90 Å². The van der Waals surface area contributed by atoms with E-state index < -0.39 is 10.8 Å². The molecule has 88 valence electrons. The second-order valence-corrected chi connectivity index (χ2v) is 6.45. The van der Waals surface area contributed by atoms with Crippen LogP contribution in [0.15, 0.2) is 23.1 Å². The maximum Gasteiger partial charge on any atom is 0.0564 e. The summed E-state index contributed by atoms with van der Waals surface area (Å²) in [6, 6.07) is 6.55. The Hall–Kier alpha value is -0.670. The fraction of sp³-hybridized carbons (Fsp3) is 0.538. The lowest BCUT2D eigenvalue weighted by molar-refractivity contribution is 0.388. The van der Waals surface area contributed by atoms with Gasteiger partial charge in [0.05, 0.1) is 10.8 Å². The lowest BCUT2D eigenvalue weighted by Crippen LogP contribution is -2.37. The third kappa shape index (κ3) is 1.72. The van der Waals surface area contributed by atoms with Gasteiger partial charge in [0.2, 0.25) is 0 Å². The van der Waals surface area contributed by atoms with Gasteiger partial charge in [0.25, 0.3) is 0 Å². The Labute approximate surface area is 99.9 Å². The molecule has 0 bridgehead atoms.